The van der Waals surface area contributed by atoms with Crippen LogP contribution in [-0.2, 0) is 24.2 Å². The molecule has 1 aliphatic rings. The molecule has 0 unspecified atom stereocenters. The predicted octanol–water partition coefficient (Wildman–Crippen LogP) is 5.08. The van der Waals surface area contributed by atoms with Crippen LogP contribution in [0.4, 0.5) is 0 Å². The molecule has 2 aromatic carbocycles. The van der Waals surface area contributed by atoms with E-state index in [2.05, 4.69) is 81.4 Å². The third-order valence-electron chi connectivity index (χ3n) is 7.13. The monoisotopic (exact) mass is 466 g/mol. The predicted molar refractivity (Wildman–Crippen MR) is 141 cm³/mol. The molecule has 5 rings (SSSR count). The molecular weight excluding hydrogens is 432 g/mol. The van der Waals surface area contributed by atoms with Crippen LogP contribution >= 0.6 is 0 Å². The van der Waals surface area contributed by atoms with Gasteiger partial charge in [0.15, 0.2) is 0 Å². The lowest BCUT2D eigenvalue weighted by Gasteiger charge is -2.33. The summed E-state index contributed by atoms with van der Waals surface area (Å²) in [5.41, 5.74) is 5.90. The van der Waals surface area contributed by atoms with E-state index in [1.165, 1.54) is 22.0 Å². The van der Waals surface area contributed by atoms with Gasteiger partial charge in [-0.25, -0.2) is 0 Å². The zero-order valence-electron chi connectivity index (χ0n) is 20.5. The van der Waals surface area contributed by atoms with E-state index < -0.39 is 0 Å². The topological polar surface area (TPSA) is 50.2 Å². The van der Waals surface area contributed by atoms with Gasteiger partial charge in [0.05, 0.1) is 18.7 Å². The van der Waals surface area contributed by atoms with E-state index in [1.54, 1.807) is 6.20 Å². The number of aromatic nitrogens is 2. The minimum atomic E-state index is 0.0231. The van der Waals surface area contributed by atoms with Gasteiger partial charge in [-0.3, -0.25) is 9.78 Å². The highest BCUT2D eigenvalue weighted by Crippen LogP contribution is 2.28. The van der Waals surface area contributed by atoms with Gasteiger partial charge in [0.1, 0.15) is 0 Å². The van der Waals surface area contributed by atoms with Crippen LogP contribution in [-0.4, -0.2) is 40.0 Å². The van der Waals surface area contributed by atoms with Crippen molar-refractivity contribution in [3.63, 3.8) is 0 Å². The number of nitrogens with zero attached hydrogens (tertiary/aromatic N) is 3. The number of nitrogens with one attached hydrogen (secondary N) is 1. The SMILES string of the molecule is Cc1ccc(CCN2CCC(n3ccc4ccc(CC(=O)NCc5ccccn5)cc43)CC2)cc1. The van der Waals surface area contributed by atoms with E-state index in [0.717, 1.165) is 50.2 Å². The average Bonchev–Trinajstić information content (AvgIpc) is 3.31. The van der Waals surface area contributed by atoms with E-state index in [4.69, 9.17) is 0 Å². The van der Waals surface area contributed by atoms with Crippen LogP contribution in [0.5, 0.6) is 0 Å². The van der Waals surface area contributed by atoms with E-state index in [-0.39, 0.29) is 5.91 Å². The molecule has 1 aliphatic heterocycles. The van der Waals surface area contributed by atoms with E-state index in [0.29, 0.717) is 19.0 Å². The van der Waals surface area contributed by atoms with Crippen LogP contribution in [0.25, 0.3) is 10.9 Å². The van der Waals surface area contributed by atoms with Crippen LogP contribution in [0.15, 0.2) is 79.1 Å². The zero-order chi connectivity index (χ0) is 24.0. The fourth-order valence-corrected chi connectivity index (χ4v) is 5.03. The summed E-state index contributed by atoms with van der Waals surface area (Å²) in [7, 11) is 0. The summed E-state index contributed by atoms with van der Waals surface area (Å²) in [5, 5.41) is 4.23. The van der Waals surface area contributed by atoms with E-state index >= 15 is 0 Å². The Balaban J connectivity index is 1.16. The Bertz CT molecular complexity index is 1250. The molecule has 1 fully saturated rings. The van der Waals surface area contributed by atoms with Gasteiger partial charge in [-0.1, -0.05) is 48.0 Å². The van der Waals surface area contributed by atoms with Gasteiger partial charge in [-0.05, 0) is 67.0 Å². The largest absolute Gasteiger partial charge is 0.350 e. The van der Waals surface area contributed by atoms with Crippen LogP contribution < -0.4 is 5.32 Å². The normalized spacial score (nSPS) is 14.9. The fraction of sp³-hybridized carbons (Fsp3) is 0.333. The number of fused-ring (bicyclic) bond motifs is 1. The van der Waals surface area contributed by atoms with Crippen LogP contribution in [0.1, 0.15) is 41.3 Å². The third kappa shape index (κ3) is 5.98. The van der Waals surface area contributed by atoms with Crippen LogP contribution in [0.2, 0.25) is 0 Å². The van der Waals surface area contributed by atoms with Crippen molar-refractivity contribution in [2.45, 2.75) is 45.2 Å². The molecule has 4 aromatic rings. The summed E-state index contributed by atoms with van der Waals surface area (Å²) in [6.07, 6.45) is 7.79. The number of piperidine rings is 1. The molecule has 1 N–H and O–H groups in total. The lowest BCUT2D eigenvalue weighted by atomic mass is 10.0. The number of hydrogen-bond donors (Lipinski definition) is 1. The summed E-state index contributed by atoms with van der Waals surface area (Å²) >= 11 is 0. The van der Waals surface area contributed by atoms with Crippen LogP contribution in [0, 0.1) is 6.92 Å². The molecular formula is C30H34N4O. The third-order valence-corrected chi connectivity index (χ3v) is 7.13. The Morgan fingerprint density at radius 2 is 1.80 bits per heavy atom. The van der Waals surface area contributed by atoms with Crippen LogP contribution in [0.3, 0.4) is 0 Å². The summed E-state index contributed by atoms with van der Waals surface area (Å²) in [4.78, 5) is 19.4. The first-order chi connectivity index (χ1) is 17.1. The minimum absolute atomic E-state index is 0.0231. The van der Waals surface area contributed by atoms with Crippen molar-refractivity contribution in [3.05, 3.63) is 102 Å². The number of amides is 1. The molecule has 0 aliphatic carbocycles. The van der Waals surface area contributed by atoms with Gasteiger partial charge >= 0.3 is 0 Å². The standard InChI is InChI=1S/C30H34N4O/c1-23-5-7-24(8-6-23)11-16-33-17-13-28(14-18-33)34-19-12-26-10-9-25(20-29(26)34)21-30(35)32-22-27-4-2-3-15-31-27/h2-10,12,15,19-20,28H,11,13-14,16-18,21-22H2,1H3,(H,32,35). The lowest BCUT2D eigenvalue weighted by molar-refractivity contribution is -0.120. The number of hydrogen-bond acceptors (Lipinski definition) is 3. The molecule has 5 nitrogen and oxygen atoms in total. The van der Waals surface area contributed by atoms with Crippen molar-refractivity contribution >= 4 is 16.8 Å². The number of carbonyl (C=O) groups excluding carboxylic acids is 1. The molecule has 2 aromatic heterocycles. The highest BCUT2D eigenvalue weighted by atomic mass is 16.1. The molecule has 3 heterocycles. The number of pyridine rings is 1. The van der Waals surface area contributed by atoms with Gasteiger partial charge in [0.2, 0.25) is 5.91 Å². The second kappa shape index (κ2) is 10.9. The number of likely N-dealkylation sites (tertiary alicyclic amines) is 1. The molecule has 35 heavy (non-hydrogen) atoms. The Morgan fingerprint density at radius 1 is 1.00 bits per heavy atom. The quantitative estimate of drug-likeness (QED) is 0.394. The number of aryl methyl sites for hydroxylation is 1. The molecule has 0 atom stereocenters. The molecule has 0 bridgehead atoms. The molecule has 5 heteroatoms. The fourth-order valence-electron chi connectivity index (χ4n) is 5.03. The number of benzene rings is 2. The van der Waals surface area contributed by atoms with Crippen molar-refractivity contribution in [2.75, 3.05) is 19.6 Å². The first-order valence-electron chi connectivity index (χ1n) is 12.7. The van der Waals surface area contributed by atoms with E-state index in [1.807, 2.05) is 18.2 Å². The van der Waals surface area contributed by atoms with Gasteiger partial charge in [0.25, 0.3) is 0 Å². The number of rotatable bonds is 8. The molecule has 180 valence electrons. The molecule has 1 saturated heterocycles. The minimum Gasteiger partial charge on any atom is -0.350 e. The van der Waals surface area contributed by atoms with Gasteiger partial charge < -0.3 is 14.8 Å². The molecule has 1 amide bonds. The maximum absolute atomic E-state index is 12.5. The lowest BCUT2D eigenvalue weighted by Crippen LogP contribution is -2.35. The molecule has 0 spiro atoms. The average molecular weight is 467 g/mol. The van der Waals surface area contributed by atoms with Crippen molar-refractivity contribution in [3.8, 4) is 0 Å². The Morgan fingerprint density at radius 3 is 2.57 bits per heavy atom. The Kier molecular flexibility index (Phi) is 7.24. The smallest absolute Gasteiger partial charge is 0.224 e. The first-order valence-corrected chi connectivity index (χ1v) is 12.7. The molecule has 0 saturated carbocycles. The van der Waals surface area contributed by atoms with Crippen molar-refractivity contribution in [1.29, 1.82) is 0 Å². The van der Waals surface area contributed by atoms with Crippen molar-refractivity contribution < 1.29 is 4.79 Å². The van der Waals surface area contributed by atoms with E-state index in [9.17, 15) is 4.79 Å². The first kappa shape index (κ1) is 23.3. The number of carbonyl (C=O) groups is 1. The Hall–Kier alpha value is -3.44. The van der Waals surface area contributed by atoms with Gasteiger partial charge in [-0.15, -0.1) is 0 Å². The summed E-state index contributed by atoms with van der Waals surface area (Å²) in [6.45, 7) is 5.99. The second-order valence-electron chi connectivity index (χ2n) is 9.70. The van der Waals surface area contributed by atoms with Gasteiger partial charge in [-0.2, -0.15) is 0 Å². The van der Waals surface area contributed by atoms with Crippen molar-refractivity contribution in [2.24, 2.45) is 0 Å². The maximum Gasteiger partial charge on any atom is 0.224 e. The summed E-state index contributed by atoms with van der Waals surface area (Å²) in [5.74, 6) is 0.0231. The Labute approximate surface area is 207 Å². The van der Waals surface area contributed by atoms with Crippen molar-refractivity contribution in [1.82, 2.24) is 19.8 Å². The summed E-state index contributed by atoms with van der Waals surface area (Å²) in [6, 6.07) is 23.8. The maximum atomic E-state index is 12.5. The van der Waals surface area contributed by atoms with Gasteiger partial charge in [0, 0.05) is 43.6 Å². The molecule has 0 radical (unpaired) electrons. The zero-order valence-corrected chi connectivity index (χ0v) is 20.5. The summed E-state index contributed by atoms with van der Waals surface area (Å²) < 4.78 is 2.43. The highest BCUT2D eigenvalue weighted by molar-refractivity contribution is 5.84. The second-order valence-corrected chi connectivity index (χ2v) is 9.70. The highest BCUT2D eigenvalue weighted by Gasteiger charge is 2.21.